The van der Waals surface area contributed by atoms with Crippen molar-refractivity contribution in [1.29, 1.82) is 5.26 Å². The van der Waals surface area contributed by atoms with Crippen LogP contribution < -0.4 is 0 Å². The van der Waals surface area contributed by atoms with E-state index in [1.807, 2.05) is 30.6 Å². The molecule has 16 heavy (non-hydrogen) atoms. The van der Waals surface area contributed by atoms with Gasteiger partial charge in [0.1, 0.15) is 5.82 Å². The molecule has 3 rings (SSSR count). The third-order valence-corrected chi connectivity index (χ3v) is 3.17. The van der Waals surface area contributed by atoms with Crippen molar-refractivity contribution >= 4 is 0 Å². The largest absolute Gasteiger partial charge is 0.334 e. The van der Waals surface area contributed by atoms with Crippen LogP contribution >= 0.6 is 0 Å². The lowest BCUT2D eigenvalue weighted by molar-refractivity contribution is 0.651. The van der Waals surface area contributed by atoms with Crippen molar-refractivity contribution in [3.05, 3.63) is 53.6 Å². The first-order valence-corrected chi connectivity index (χ1v) is 5.37. The number of nitriles is 1. The van der Waals surface area contributed by atoms with E-state index in [1.165, 1.54) is 0 Å². The van der Waals surface area contributed by atoms with Crippen molar-refractivity contribution in [1.82, 2.24) is 9.55 Å². The van der Waals surface area contributed by atoms with Gasteiger partial charge in [-0.3, -0.25) is 0 Å². The first-order chi connectivity index (χ1) is 7.88. The highest BCUT2D eigenvalue weighted by molar-refractivity contribution is 5.40. The Bertz CT molecular complexity index is 542. The molecule has 1 aliphatic rings. The van der Waals surface area contributed by atoms with E-state index in [-0.39, 0.29) is 0 Å². The van der Waals surface area contributed by atoms with Crippen LogP contribution in [0.25, 0.3) is 0 Å². The van der Waals surface area contributed by atoms with Gasteiger partial charge in [-0.25, -0.2) is 4.98 Å². The third kappa shape index (κ3) is 1.31. The summed E-state index contributed by atoms with van der Waals surface area (Å²) in [6.07, 6.45) is 4.78. The highest BCUT2D eigenvalue weighted by atomic mass is 15.1. The second kappa shape index (κ2) is 3.49. The maximum atomic E-state index is 9.07. The zero-order valence-corrected chi connectivity index (χ0v) is 8.80. The molecule has 1 aromatic heterocycles. The monoisotopic (exact) mass is 209 g/mol. The molecule has 1 atom stereocenters. The average Bonchev–Trinajstić information content (AvgIpc) is 2.89. The van der Waals surface area contributed by atoms with Crippen LogP contribution in [0.4, 0.5) is 0 Å². The SMILES string of the molecule is N#Cc1ccccc1C1Cc2nccn2C1. The van der Waals surface area contributed by atoms with Crippen LogP contribution in [-0.4, -0.2) is 9.55 Å². The van der Waals surface area contributed by atoms with Crippen molar-refractivity contribution in [2.75, 3.05) is 0 Å². The van der Waals surface area contributed by atoms with Crippen LogP contribution in [0.2, 0.25) is 0 Å². The van der Waals surface area contributed by atoms with Crippen LogP contribution in [0.1, 0.15) is 22.9 Å². The molecular weight excluding hydrogens is 198 g/mol. The van der Waals surface area contributed by atoms with Crippen LogP contribution in [-0.2, 0) is 13.0 Å². The van der Waals surface area contributed by atoms with E-state index < -0.39 is 0 Å². The molecule has 3 nitrogen and oxygen atoms in total. The summed E-state index contributed by atoms with van der Waals surface area (Å²) >= 11 is 0. The van der Waals surface area contributed by atoms with E-state index in [0.717, 1.165) is 29.9 Å². The van der Waals surface area contributed by atoms with E-state index in [0.29, 0.717) is 5.92 Å². The highest BCUT2D eigenvalue weighted by Gasteiger charge is 2.24. The molecule has 78 valence electrons. The number of benzene rings is 1. The summed E-state index contributed by atoms with van der Waals surface area (Å²) in [7, 11) is 0. The van der Waals surface area contributed by atoms with Gasteiger partial charge in [-0.2, -0.15) is 5.26 Å². The number of aromatic nitrogens is 2. The Morgan fingerprint density at radius 2 is 2.25 bits per heavy atom. The number of nitrogens with zero attached hydrogens (tertiary/aromatic N) is 3. The summed E-state index contributed by atoms with van der Waals surface area (Å²) in [4.78, 5) is 4.31. The lowest BCUT2D eigenvalue weighted by Gasteiger charge is -2.10. The smallest absolute Gasteiger partial charge is 0.109 e. The van der Waals surface area contributed by atoms with Gasteiger partial charge in [-0.15, -0.1) is 0 Å². The van der Waals surface area contributed by atoms with Crippen molar-refractivity contribution in [3.63, 3.8) is 0 Å². The summed E-state index contributed by atoms with van der Waals surface area (Å²) in [5, 5.41) is 9.07. The molecule has 2 heterocycles. The first-order valence-electron chi connectivity index (χ1n) is 5.37. The minimum atomic E-state index is 0.402. The van der Waals surface area contributed by atoms with Gasteiger partial charge in [-0.1, -0.05) is 18.2 Å². The van der Waals surface area contributed by atoms with Gasteiger partial charge in [0.25, 0.3) is 0 Å². The molecule has 0 aliphatic carbocycles. The molecular formula is C13H11N3. The Morgan fingerprint density at radius 3 is 3.06 bits per heavy atom. The normalized spacial score (nSPS) is 18.1. The molecule has 0 radical (unpaired) electrons. The molecule has 1 aliphatic heterocycles. The zero-order chi connectivity index (χ0) is 11.0. The molecule has 0 spiro atoms. The minimum Gasteiger partial charge on any atom is -0.334 e. The average molecular weight is 209 g/mol. The molecule has 3 heteroatoms. The van der Waals surface area contributed by atoms with Crippen LogP contribution in [0, 0.1) is 11.3 Å². The molecule has 0 bridgehead atoms. The lowest BCUT2D eigenvalue weighted by atomic mass is 9.93. The first kappa shape index (κ1) is 9.17. The second-order valence-corrected chi connectivity index (χ2v) is 4.10. The van der Waals surface area contributed by atoms with Crippen molar-refractivity contribution in [3.8, 4) is 6.07 Å². The van der Waals surface area contributed by atoms with Crippen LogP contribution in [0.3, 0.4) is 0 Å². The predicted octanol–water partition coefficient (Wildman–Crippen LogP) is 2.09. The Hall–Kier alpha value is -2.08. The fourth-order valence-corrected chi connectivity index (χ4v) is 2.38. The van der Waals surface area contributed by atoms with Gasteiger partial charge in [0.15, 0.2) is 0 Å². The van der Waals surface area contributed by atoms with E-state index in [9.17, 15) is 0 Å². The number of fused-ring (bicyclic) bond motifs is 1. The quantitative estimate of drug-likeness (QED) is 0.721. The highest BCUT2D eigenvalue weighted by Crippen LogP contribution is 2.30. The van der Waals surface area contributed by atoms with E-state index in [4.69, 9.17) is 5.26 Å². The van der Waals surface area contributed by atoms with E-state index >= 15 is 0 Å². The maximum absolute atomic E-state index is 9.07. The van der Waals surface area contributed by atoms with Crippen molar-refractivity contribution < 1.29 is 0 Å². The fourth-order valence-electron chi connectivity index (χ4n) is 2.38. The van der Waals surface area contributed by atoms with Crippen molar-refractivity contribution in [2.24, 2.45) is 0 Å². The van der Waals surface area contributed by atoms with Gasteiger partial charge in [-0.05, 0) is 11.6 Å². The predicted molar refractivity (Wildman–Crippen MR) is 59.8 cm³/mol. The lowest BCUT2D eigenvalue weighted by Crippen LogP contribution is -2.02. The standard InChI is InChI=1S/C13H11N3/c14-8-10-3-1-2-4-12(10)11-7-13-15-5-6-16(13)9-11/h1-6,11H,7,9H2. The van der Waals surface area contributed by atoms with Gasteiger partial charge < -0.3 is 4.57 Å². The number of hydrogen-bond donors (Lipinski definition) is 0. The number of imidazole rings is 1. The molecule has 1 aromatic carbocycles. The second-order valence-electron chi connectivity index (χ2n) is 4.10. The number of hydrogen-bond acceptors (Lipinski definition) is 2. The Morgan fingerprint density at radius 1 is 1.38 bits per heavy atom. The maximum Gasteiger partial charge on any atom is 0.109 e. The molecule has 0 fully saturated rings. The molecule has 0 N–H and O–H groups in total. The summed E-state index contributed by atoms with van der Waals surface area (Å²) in [6.45, 7) is 0.939. The Kier molecular flexibility index (Phi) is 2.00. The fraction of sp³-hybridized carbons (Fsp3) is 0.231. The Balaban J connectivity index is 1.96. The van der Waals surface area contributed by atoms with Gasteiger partial charge in [0.05, 0.1) is 11.6 Å². The third-order valence-electron chi connectivity index (χ3n) is 3.17. The van der Waals surface area contributed by atoms with Crippen LogP contribution in [0.5, 0.6) is 0 Å². The van der Waals surface area contributed by atoms with Gasteiger partial charge in [0, 0.05) is 31.3 Å². The molecule has 2 aromatic rings. The topological polar surface area (TPSA) is 41.6 Å². The zero-order valence-electron chi connectivity index (χ0n) is 8.80. The summed E-state index contributed by atoms with van der Waals surface area (Å²) < 4.78 is 2.17. The van der Waals surface area contributed by atoms with E-state index in [1.54, 1.807) is 0 Å². The van der Waals surface area contributed by atoms with E-state index in [2.05, 4.69) is 21.7 Å². The number of rotatable bonds is 1. The molecule has 1 unspecified atom stereocenters. The molecule has 0 saturated carbocycles. The summed E-state index contributed by atoms with van der Waals surface area (Å²) in [5.74, 6) is 1.53. The summed E-state index contributed by atoms with van der Waals surface area (Å²) in [6, 6.07) is 10.1. The minimum absolute atomic E-state index is 0.402. The molecule has 0 saturated heterocycles. The van der Waals surface area contributed by atoms with Gasteiger partial charge in [0.2, 0.25) is 0 Å². The van der Waals surface area contributed by atoms with Crippen molar-refractivity contribution in [2.45, 2.75) is 18.9 Å². The van der Waals surface area contributed by atoms with Gasteiger partial charge >= 0.3 is 0 Å². The summed E-state index contributed by atoms with van der Waals surface area (Å²) in [5.41, 5.74) is 1.94. The Labute approximate surface area is 94.0 Å². The molecule has 0 amide bonds. The van der Waals surface area contributed by atoms with Crippen LogP contribution in [0.15, 0.2) is 36.7 Å².